The van der Waals surface area contributed by atoms with E-state index in [1.807, 2.05) is 0 Å². The summed E-state index contributed by atoms with van der Waals surface area (Å²) < 4.78 is 2.19. The molecular weight excluding hydrogens is 643 g/mol. The first-order chi connectivity index (χ1) is 19.0. The van der Waals surface area contributed by atoms with Crippen molar-refractivity contribution in [2.24, 2.45) is 11.3 Å². The Morgan fingerprint density at radius 2 is 1.37 bits per heavy atom. The molecule has 0 saturated carbocycles. The van der Waals surface area contributed by atoms with Crippen molar-refractivity contribution in [1.29, 1.82) is 0 Å². The maximum absolute atomic E-state index is 3.53. The molecule has 1 unspecified atom stereocenters. The fraction of sp³-hybridized carbons (Fsp3) is 0.425. The van der Waals surface area contributed by atoms with Gasteiger partial charge in [-0.2, -0.15) is 41.0 Å². The number of fused-ring (bicyclic) bond motifs is 3. The minimum absolute atomic E-state index is 0. The molecule has 0 saturated heterocycles. The molecule has 0 bridgehead atoms. The van der Waals surface area contributed by atoms with Crippen LogP contribution in [-0.2, 0) is 41.5 Å². The van der Waals surface area contributed by atoms with E-state index in [0.717, 1.165) is 6.42 Å². The van der Waals surface area contributed by atoms with Crippen molar-refractivity contribution < 1.29 is 49.0 Å². The Morgan fingerprint density at radius 3 is 1.84 bits per heavy atom. The summed E-state index contributed by atoms with van der Waals surface area (Å²) in [5.41, 5.74) is 13.2. The van der Waals surface area contributed by atoms with Gasteiger partial charge in [0.2, 0.25) is 0 Å². The van der Waals surface area contributed by atoms with Gasteiger partial charge in [0.25, 0.3) is 0 Å². The Labute approximate surface area is 291 Å². The fourth-order valence-corrected chi connectivity index (χ4v) is 5.33. The molecule has 3 aromatic rings. The number of rotatable bonds is 2. The van der Waals surface area contributed by atoms with Crippen LogP contribution in [0.4, 0.5) is 0 Å². The number of allylic oxidation sites excluding steroid dienone is 4. The van der Waals surface area contributed by atoms with E-state index in [0.29, 0.717) is 11.3 Å². The van der Waals surface area contributed by atoms with E-state index in [2.05, 4.69) is 159 Å². The monoisotopic (exact) mass is 690 g/mol. The van der Waals surface area contributed by atoms with Gasteiger partial charge in [0.1, 0.15) is 0 Å². The maximum atomic E-state index is 3.53. The van der Waals surface area contributed by atoms with E-state index in [4.69, 9.17) is 0 Å². The Hall–Kier alpha value is -1.53. The van der Waals surface area contributed by atoms with Crippen LogP contribution >= 0.6 is 0 Å². The molecule has 3 heteroatoms. The molecule has 0 radical (unpaired) electrons. The molecule has 0 spiro atoms. The SMILES string of the molecule is CC(C)(C)c1c[c-]c2c(c1)-c1cc(C(C)(C)C)ccc1C2.CCC1[C-]=CC(C(C)(C)C)=C1.Cc1ccc([CH]=[Zr+2])cc1.[Cl-].[Cl-]. The second-order valence-corrected chi connectivity index (χ2v) is 15.3. The van der Waals surface area contributed by atoms with Gasteiger partial charge in [-0.25, -0.2) is 6.08 Å². The van der Waals surface area contributed by atoms with Crippen molar-refractivity contribution >= 4 is 3.71 Å². The molecule has 0 heterocycles. The van der Waals surface area contributed by atoms with Crippen molar-refractivity contribution in [2.75, 3.05) is 0 Å². The van der Waals surface area contributed by atoms with E-state index in [1.165, 1.54) is 80.7 Å². The zero-order chi connectivity index (χ0) is 30.6. The van der Waals surface area contributed by atoms with E-state index >= 15 is 0 Å². The summed E-state index contributed by atoms with van der Waals surface area (Å²) in [6, 6.07) is 23.6. The molecule has 0 N–H and O–H groups in total. The zero-order valence-electron chi connectivity index (χ0n) is 28.2. The third-order valence-electron chi connectivity index (χ3n) is 7.91. The number of aryl methyl sites for hydroxylation is 1. The molecule has 43 heavy (non-hydrogen) atoms. The average molecular weight is 693 g/mol. The van der Waals surface area contributed by atoms with Gasteiger partial charge in [-0.1, -0.05) is 122 Å². The quantitative estimate of drug-likeness (QED) is 0.267. The second-order valence-electron chi connectivity index (χ2n) is 14.6. The first-order valence-electron chi connectivity index (χ1n) is 15.1. The Morgan fingerprint density at radius 1 is 0.791 bits per heavy atom. The van der Waals surface area contributed by atoms with Gasteiger partial charge in [-0.3, -0.25) is 6.08 Å². The van der Waals surface area contributed by atoms with Crippen molar-refractivity contribution in [2.45, 2.75) is 99.8 Å². The predicted octanol–water partition coefficient (Wildman–Crippen LogP) is 4.71. The Balaban J connectivity index is 0.000000356. The largest absolute Gasteiger partial charge is 1.00 e. The van der Waals surface area contributed by atoms with Crippen molar-refractivity contribution in [1.82, 2.24) is 0 Å². The first kappa shape index (κ1) is 39.5. The van der Waals surface area contributed by atoms with Crippen LogP contribution in [0.1, 0.15) is 109 Å². The summed E-state index contributed by atoms with van der Waals surface area (Å²) in [6.45, 7) is 24.7. The minimum Gasteiger partial charge on any atom is -1.00 e. The standard InChI is InChI=1S/C21H25.C11H17.C8H8.2ClH.Zr/c1-20(2,3)16-9-7-14-11-15-8-10-17(21(4,5)6)13-19(15)18(14)12-16;1-5-9-6-7-10(8-9)11(2,3)4;1-7-3-5-8(2)6-4-7;;;/h7,9-10,12-13H,11H2,1-6H3;7-9H,5H2,1-4H3;1,3-6H,2H3;2*1H;/q2*-1;;;;+2/p-2. The van der Waals surface area contributed by atoms with Crippen molar-refractivity contribution in [3.8, 4) is 11.1 Å². The minimum atomic E-state index is 0. The molecule has 3 aromatic carbocycles. The number of benzene rings is 3. The van der Waals surface area contributed by atoms with Gasteiger partial charge < -0.3 is 24.8 Å². The maximum Gasteiger partial charge on any atom is -1.00 e. The van der Waals surface area contributed by atoms with Crippen LogP contribution in [0.15, 0.2) is 72.3 Å². The smallest absolute Gasteiger partial charge is 1.00 e. The summed E-state index contributed by atoms with van der Waals surface area (Å²) in [6.07, 6.45) is 10.0. The molecule has 0 aliphatic heterocycles. The topological polar surface area (TPSA) is 0 Å². The Bertz CT molecular complexity index is 1340. The molecule has 0 aromatic heterocycles. The second kappa shape index (κ2) is 16.2. The number of hydrogen-bond donors (Lipinski definition) is 0. The summed E-state index contributed by atoms with van der Waals surface area (Å²) in [5, 5.41) is 0. The summed E-state index contributed by atoms with van der Waals surface area (Å²) in [4.78, 5) is 0. The van der Waals surface area contributed by atoms with Crippen LogP contribution in [0.25, 0.3) is 11.1 Å². The molecular formula is C40H50Cl2Zr-2. The fourth-order valence-electron chi connectivity index (χ4n) is 4.86. The summed E-state index contributed by atoms with van der Waals surface area (Å²) in [7, 11) is 0. The Kier molecular flexibility index (Phi) is 14.8. The molecule has 0 amide bonds. The average Bonchev–Trinajstić information content (AvgIpc) is 3.53. The van der Waals surface area contributed by atoms with Gasteiger partial charge in [0, 0.05) is 0 Å². The summed E-state index contributed by atoms with van der Waals surface area (Å²) >= 11 is 1.47. The van der Waals surface area contributed by atoms with Gasteiger partial charge in [0.15, 0.2) is 0 Å². The van der Waals surface area contributed by atoms with Gasteiger partial charge in [-0.15, -0.1) is 5.56 Å². The molecule has 5 rings (SSSR count). The van der Waals surface area contributed by atoms with E-state index in [-0.39, 0.29) is 35.6 Å². The van der Waals surface area contributed by atoms with Crippen LogP contribution in [0.5, 0.6) is 0 Å². The van der Waals surface area contributed by atoms with Crippen LogP contribution in [0, 0.1) is 30.4 Å². The zero-order valence-corrected chi connectivity index (χ0v) is 32.1. The van der Waals surface area contributed by atoms with Crippen LogP contribution in [0.2, 0.25) is 0 Å². The predicted molar refractivity (Wildman–Crippen MR) is 176 cm³/mol. The van der Waals surface area contributed by atoms with E-state index in [9.17, 15) is 0 Å². The van der Waals surface area contributed by atoms with Crippen molar-refractivity contribution in [3.63, 3.8) is 0 Å². The first-order valence-corrected chi connectivity index (χ1v) is 16.5. The van der Waals surface area contributed by atoms with Crippen LogP contribution in [0.3, 0.4) is 0 Å². The molecule has 1 atom stereocenters. The third-order valence-corrected chi connectivity index (χ3v) is 8.73. The van der Waals surface area contributed by atoms with Crippen LogP contribution < -0.4 is 24.8 Å². The molecule has 0 fully saturated rings. The number of halogens is 2. The van der Waals surface area contributed by atoms with E-state index < -0.39 is 0 Å². The summed E-state index contributed by atoms with van der Waals surface area (Å²) in [5.74, 6) is 0.573. The molecule has 2 aliphatic rings. The molecule has 0 nitrogen and oxygen atoms in total. The number of hydrogen-bond acceptors (Lipinski definition) is 0. The molecule has 2 aliphatic carbocycles. The molecule has 230 valence electrons. The van der Waals surface area contributed by atoms with E-state index in [1.54, 1.807) is 0 Å². The van der Waals surface area contributed by atoms with Gasteiger partial charge in [0.05, 0.1) is 0 Å². The van der Waals surface area contributed by atoms with Gasteiger partial charge >= 0.3 is 70.3 Å². The third kappa shape index (κ3) is 11.1. The van der Waals surface area contributed by atoms with Crippen molar-refractivity contribution in [3.05, 3.63) is 118 Å². The van der Waals surface area contributed by atoms with Gasteiger partial charge in [-0.05, 0) is 17.4 Å². The van der Waals surface area contributed by atoms with Crippen LogP contribution in [-0.4, -0.2) is 3.71 Å². The normalized spacial score (nSPS) is 14.9.